The quantitative estimate of drug-likeness (QED) is 0.558. The van der Waals surface area contributed by atoms with Crippen LogP contribution < -0.4 is 0 Å². The van der Waals surface area contributed by atoms with Gasteiger partial charge in [0.2, 0.25) is 0 Å². The zero-order valence-corrected chi connectivity index (χ0v) is 8.89. The summed E-state index contributed by atoms with van der Waals surface area (Å²) in [5.74, 6) is 0.762. The lowest BCUT2D eigenvalue weighted by atomic mass is 9.83. The predicted molar refractivity (Wildman–Crippen MR) is 53.2 cm³/mol. The first-order chi connectivity index (χ1) is 5.54. The lowest BCUT2D eigenvalue weighted by Crippen LogP contribution is -2.16. The van der Waals surface area contributed by atoms with E-state index >= 15 is 0 Å². The molecule has 0 aromatic rings. The van der Waals surface area contributed by atoms with Crippen molar-refractivity contribution in [3.05, 3.63) is 0 Å². The van der Waals surface area contributed by atoms with Crippen molar-refractivity contribution in [1.82, 2.24) is 0 Å². The van der Waals surface area contributed by atoms with Crippen LogP contribution in [0, 0.1) is 11.3 Å². The fourth-order valence-electron chi connectivity index (χ4n) is 1.23. The van der Waals surface area contributed by atoms with Gasteiger partial charge in [-0.25, -0.2) is 0 Å². The average molecular weight is 170 g/mol. The van der Waals surface area contributed by atoms with E-state index in [1.165, 1.54) is 12.8 Å². The van der Waals surface area contributed by atoms with Crippen molar-refractivity contribution in [3.8, 4) is 0 Å². The first-order valence-electron chi connectivity index (χ1n) is 5.00. The Morgan fingerprint density at radius 3 is 2.33 bits per heavy atom. The van der Waals surface area contributed by atoms with Crippen molar-refractivity contribution in [2.45, 2.75) is 53.4 Å². The summed E-state index contributed by atoms with van der Waals surface area (Å²) in [5.41, 5.74) is -0.0606. The molecule has 0 radical (unpaired) electrons. The van der Waals surface area contributed by atoms with Crippen molar-refractivity contribution in [3.63, 3.8) is 0 Å². The van der Waals surface area contributed by atoms with E-state index in [-0.39, 0.29) is 5.41 Å². The van der Waals surface area contributed by atoms with Crippen LogP contribution in [-0.4, -0.2) is 6.29 Å². The van der Waals surface area contributed by atoms with Crippen LogP contribution in [0.3, 0.4) is 0 Å². The normalized spacial score (nSPS) is 16.1. The lowest BCUT2D eigenvalue weighted by molar-refractivity contribution is -0.116. The third-order valence-corrected chi connectivity index (χ3v) is 2.62. The first-order valence-corrected chi connectivity index (χ1v) is 5.00. The van der Waals surface area contributed by atoms with E-state index in [0.29, 0.717) is 0 Å². The minimum Gasteiger partial charge on any atom is -0.303 e. The standard InChI is InChI=1S/C11H22O/c1-5-11(4,9-12)8-6-7-10(2)3/h9-10H,5-8H2,1-4H3. The Balaban J connectivity index is 3.66. The Kier molecular flexibility index (Phi) is 5.19. The number of hydrogen-bond donors (Lipinski definition) is 0. The molecule has 0 fully saturated rings. The Morgan fingerprint density at radius 2 is 2.00 bits per heavy atom. The van der Waals surface area contributed by atoms with Gasteiger partial charge in [-0.2, -0.15) is 0 Å². The van der Waals surface area contributed by atoms with Gasteiger partial charge < -0.3 is 4.79 Å². The SMILES string of the molecule is CCC(C)(C=O)CCCC(C)C. The molecule has 1 atom stereocenters. The maximum Gasteiger partial charge on any atom is 0.125 e. The molecule has 0 aliphatic rings. The molecule has 0 aromatic heterocycles. The summed E-state index contributed by atoms with van der Waals surface area (Å²) in [5, 5.41) is 0. The maximum atomic E-state index is 10.7. The number of aldehydes is 1. The van der Waals surface area contributed by atoms with Gasteiger partial charge in [-0.15, -0.1) is 0 Å². The number of carbonyl (C=O) groups excluding carboxylic acids is 1. The molecule has 0 aliphatic carbocycles. The molecule has 0 saturated carbocycles. The van der Waals surface area contributed by atoms with Gasteiger partial charge in [0.1, 0.15) is 6.29 Å². The zero-order chi connectivity index (χ0) is 9.61. The van der Waals surface area contributed by atoms with Gasteiger partial charge in [0.15, 0.2) is 0 Å². The van der Waals surface area contributed by atoms with Crippen LogP contribution >= 0.6 is 0 Å². The summed E-state index contributed by atoms with van der Waals surface area (Å²) in [6.07, 6.45) is 5.55. The molecule has 1 nitrogen and oxygen atoms in total. The zero-order valence-electron chi connectivity index (χ0n) is 8.89. The maximum absolute atomic E-state index is 10.7. The summed E-state index contributed by atoms with van der Waals surface area (Å²) < 4.78 is 0. The van der Waals surface area contributed by atoms with Crippen molar-refractivity contribution in [2.75, 3.05) is 0 Å². The van der Waals surface area contributed by atoms with E-state index in [1.807, 2.05) is 0 Å². The molecular weight excluding hydrogens is 148 g/mol. The molecule has 0 heterocycles. The van der Waals surface area contributed by atoms with Gasteiger partial charge in [-0.1, -0.05) is 40.5 Å². The number of hydrogen-bond acceptors (Lipinski definition) is 1. The molecule has 12 heavy (non-hydrogen) atoms. The van der Waals surface area contributed by atoms with E-state index in [2.05, 4.69) is 27.7 Å². The summed E-state index contributed by atoms with van der Waals surface area (Å²) in [7, 11) is 0. The van der Waals surface area contributed by atoms with E-state index < -0.39 is 0 Å². The van der Waals surface area contributed by atoms with Crippen molar-refractivity contribution < 1.29 is 4.79 Å². The highest BCUT2D eigenvalue weighted by Crippen LogP contribution is 2.26. The topological polar surface area (TPSA) is 17.1 Å². The number of carbonyl (C=O) groups is 1. The van der Waals surface area contributed by atoms with Gasteiger partial charge in [-0.05, 0) is 18.8 Å². The summed E-state index contributed by atoms with van der Waals surface area (Å²) in [4.78, 5) is 10.7. The Bertz CT molecular complexity index is 129. The van der Waals surface area contributed by atoms with Crippen LogP contribution in [0.2, 0.25) is 0 Å². The third kappa shape index (κ3) is 4.53. The number of rotatable bonds is 6. The van der Waals surface area contributed by atoms with Crippen LogP contribution in [0.5, 0.6) is 0 Å². The van der Waals surface area contributed by atoms with Gasteiger partial charge in [0, 0.05) is 5.41 Å². The largest absolute Gasteiger partial charge is 0.303 e. The molecule has 72 valence electrons. The highest BCUT2D eigenvalue weighted by atomic mass is 16.1. The molecule has 0 aromatic carbocycles. The Labute approximate surface area is 76.6 Å². The third-order valence-electron chi connectivity index (χ3n) is 2.62. The van der Waals surface area contributed by atoms with Crippen molar-refractivity contribution in [1.29, 1.82) is 0 Å². The van der Waals surface area contributed by atoms with E-state index in [9.17, 15) is 4.79 Å². The minimum absolute atomic E-state index is 0.0606. The molecule has 1 unspecified atom stereocenters. The van der Waals surface area contributed by atoms with Crippen LogP contribution in [0.4, 0.5) is 0 Å². The minimum atomic E-state index is -0.0606. The highest BCUT2D eigenvalue weighted by molar-refractivity contribution is 5.58. The molecule has 0 N–H and O–H groups in total. The summed E-state index contributed by atoms with van der Waals surface area (Å²) in [6.45, 7) is 8.60. The van der Waals surface area contributed by atoms with Crippen LogP contribution in [0.25, 0.3) is 0 Å². The molecule has 0 saturated heterocycles. The molecule has 0 amide bonds. The summed E-state index contributed by atoms with van der Waals surface area (Å²) in [6, 6.07) is 0. The monoisotopic (exact) mass is 170 g/mol. The van der Waals surface area contributed by atoms with Crippen LogP contribution in [-0.2, 0) is 4.79 Å². The fraction of sp³-hybridized carbons (Fsp3) is 0.909. The van der Waals surface area contributed by atoms with Crippen molar-refractivity contribution >= 4 is 6.29 Å². The van der Waals surface area contributed by atoms with E-state index in [4.69, 9.17) is 0 Å². The molecule has 1 heteroatoms. The van der Waals surface area contributed by atoms with Crippen LogP contribution in [0.15, 0.2) is 0 Å². The lowest BCUT2D eigenvalue weighted by Gasteiger charge is -2.20. The fourth-order valence-corrected chi connectivity index (χ4v) is 1.23. The second-order valence-corrected chi connectivity index (χ2v) is 4.41. The van der Waals surface area contributed by atoms with Crippen molar-refractivity contribution in [2.24, 2.45) is 11.3 Å². The average Bonchev–Trinajstić information content (AvgIpc) is 2.03. The van der Waals surface area contributed by atoms with Gasteiger partial charge in [-0.3, -0.25) is 0 Å². The Hall–Kier alpha value is -0.330. The predicted octanol–water partition coefficient (Wildman–Crippen LogP) is 3.43. The molecule has 0 aliphatic heterocycles. The van der Waals surface area contributed by atoms with Crippen LogP contribution in [0.1, 0.15) is 53.4 Å². The highest BCUT2D eigenvalue weighted by Gasteiger charge is 2.20. The molecule has 0 rings (SSSR count). The van der Waals surface area contributed by atoms with Gasteiger partial charge >= 0.3 is 0 Å². The Morgan fingerprint density at radius 1 is 1.42 bits per heavy atom. The molecular formula is C11H22O. The first kappa shape index (κ1) is 11.7. The van der Waals surface area contributed by atoms with E-state index in [1.54, 1.807) is 0 Å². The second-order valence-electron chi connectivity index (χ2n) is 4.41. The second kappa shape index (κ2) is 5.34. The van der Waals surface area contributed by atoms with Gasteiger partial charge in [0.25, 0.3) is 0 Å². The smallest absolute Gasteiger partial charge is 0.125 e. The molecule has 0 bridgehead atoms. The summed E-state index contributed by atoms with van der Waals surface area (Å²) >= 11 is 0. The van der Waals surface area contributed by atoms with Gasteiger partial charge in [0.05, 0.1) is 0 Å². The molecule has 0 spiro atoms. The van der Waals surface area contributed by atoms with E-state index in [0.717, 1.165) is 25.0 Å².